The highest BCUT2D eigenvalue weighted by atomic mass is 16.5. The van der Waals surface area contributed by atoms with Gasteiger partial charge in [0.15, 0.2) is 0 Å². The van der Waals surface area contributed by atoms with Gasteiger partial charge in [0, 0.05) is 17.8 Å². The van der Waals surface area contributed by atoms with Crippen molar-refractivity contribution < 1.29 is 4.74 Å². The van der Waals surface area contributed by atoms with Crippen molar-refractivity contribution in [1.82, 2.24) is 24.9 Å². The van der Waals surface area contributed by atoms with Crippen molar-refractivity contribution in [2.24, 2.45) is 0 Å². The van der Waals surface area contributed by atoms with Crippen molar-refractivity contribution in [2.45, 2.75) is 18.9 Å². The standard InChI is InChI=1S/C11H15N5O2/c1-6-3-9(17)16-11(13-6)14-10(15-16)7-4-18-5-8(7)12-2/h3,7-8,12H,4-5H2,1-2H3,(H,13,14,15). The molecule has 0 radical (unpaired) electrons. The molecule has 0 aliphatic carbocycles. The van der Waals surface area contributed by atoms with Crippen LogP contribution in [0.15, 0.2) is 10.9 Å². The van der Waals surface area contributed by atoms with Crippen LogP contribution in [0.4, 0.5) is 0 Å². The molecule has 0 aromatic carbocycles. The fourth-order valence-corrected chi connectivity index (χ4v) is 2.28. The number of fused-ring (bicyclic) bond motifs is 1. The molecule has 2 aromatic rings. The van der Waals surface area contributed by atoms with Crippen LogP contribution in [-0.2, 0) is 4.74 Å². The highest BCUT2D eigenvalue weighted by Crippen LogP contribution is 2.22. The van der Waals surface area contributed by atoms with Crippen LogP contribution in [0.3, 0.4) is 0 Å². The first-order valence-corrected chi connectivity index (χ1v) is 5.90. The van der Waals surface area contributed by atoms with Crippen LogP contribution in [0.2, 0.25) is 0 Å². The highest BCUT2D eigenvalue weighted by molar-refractivity contribution is 5.29. The van der Waals surface area contributed by atoms with E-state index < -0.39 is 0 Å². The van der Waals surface area contributed by atoms with Gasteiger partial charge in [-0.25, -0.2) is 4.98 Å². The molecule has 7 nitrogen and oxygen atoms in total. The first kappa shape index (κ1) is 11.4. The number of ether oxygens (including phenoxy) is 1. The molecule has 2 N–H and O–H groups in total. The molecular formula is C11H15N5O2. The van der Waals surface area contributed by atoms with Gasteiger partial charge >= 0.3 is 0 Å². The fraction of sp³-hybridized carbons (Fsp3) is 0.545. The Kier molecular flexibility index (Phi) is 2.64. The predicted octanol–water partition coefficient (Wildman–Crippen LogP) is -0.572. The van der Waals surface area contributed by atoms with Crippen molar-refractivity contribution in [1.29, 1.82) is 0 Å². The molecule has 7 heteroatoms. The Bertz CT molecular complexity index is 632. The molecule has 96 valence electrons. The zero-order chi connectivity index (χ0) is 12.7. The van der Waals surface area contributed by atoms with Gasteiger partial charge < -0.3 is 10.1 Å². The van der Waals surface area contributed by atoms with E-state index in [1.165, 1.54) is 10.6 Å². The van der Waals surface area contributed by atoms with Gasteiger partial charge in [-0.2, -0.15) is 9.50 Å². The van der Waals surface area contributed by atoms with Gasteiger partial charge in [0.1, 0.15) is 5.82 Å². The fourth-order valence-electron chi connectivity index (χ4n) is 2.28. The van der Waals surface area contributed by atoms with Gasteiger partial charge in [0.05, 0.1) is 19.1 Å². The number of rotatable bonds is 2. The molecule has 3 heterocycles. The van der Waals surface area contributed by atoms with Crippen LogP contribution in [0, 0.1) is 6.92 Å². The van der Waals surface area contributed by atoms with Crippen molar-refractivity contribution in [3.63, 3.8) is 0 Å². The maximum Gasteiger partial charge on any atom is 0.274 e. The van der Waals surface area contributed by atoms with Crippen LogP contribution in [0.1, 0.15) is 17.4 Å². The normalized spacial score (nSPS) is 23.9. The molecular weight excluding hydrogens is 234 g/mol. The Labute approximate surface area is 103 Å². The number of aromatic amines is 1. The number of hydrogen-bond acceptors (Lipinski definition) is 5. The summed E-state index contributed by atoms with van der Waals surface area (Å²) >= 11 is 0. The molecule has 18 heavy (non-hydrogen) atoms. The quantitative estimate of drug-likeness (QED) is 0.744. The number of H-pyrrole nitrogens is 1. The molecule has 1 aliphatic heterocycles. The average Bonchev–Trinajstić information content (AvgIpc) is 2.92. The van der Waals surface area contributed by atoms with E-state index >= 15 is 0 Å². The van der Waals surface area contributed by atoms with Gasteiger partial charge in [-0.15, -0.1) is 0 Å². The summed E-state index contributed by atoms with van der Waals surface area (Å²) in [5.41, 5.74) is 0.530. The molecule has 2 atom stereocenters. The van der Waals surface area contributed by atoms with Crippen LogP contribution < -0.4 is 10.9 Å². The predicted molar refractivity (Wildman–Crippen MR) is 64.8 cm³/mol. The van der Waals surface area contributed by atoms with Crippen LogP contribution in [0.5, 0.6) is 0 Å². The van der Waals surface area contributed by atoms with Gasteiger partial charge in [-0.1, -0.05) is 0 Å². The minimum absolute atomic E-state index is 0.122. The lowest BCUT2D eigenvalue weighted by atomic mass is 10.0. The smallest absolute Gasteiger partial charge is 0.274 e. The second kappa shape index (κ2) is 4.18. The Morgan fingerprint density at radius 2 is 2.33 bits per heavy atom. The summed E-state index contributed by atoms with van der Waals surface area (Å²) in [6.07, 6.45) is 0. The summed E-state index contributed by atoms with van der Waals surface area (Å²) in [5, 5.41) is 6.20. The topological polar surface area (TPSA) is 84.3 Å². The Balaban J connectivity index is 2.08. The molecule has 0 saturated carbocycles. The molecule has 2 unspecified atom stereocenters. The zero-order valence-corrected chi connectivity index (χ0v) is 10.3. The summed E-state index contributed by atoms with van der Waals surface area (Å²) in [4.78, 5) is 20.4. The van der Waals surface area contributed by atoms with E-state index in [2.05, 4.69) is 20.4 Å². The Hall–Kier alpha value is -1.73. The van der Waals surface area contributed by atoms with Gasteiger partial charge in [0.25, 0.3) is 11.3 Å². The van der Waals surface area contributed by atoms with Gasteiger partial charge in [-0.3, -0.25) is 9.89 Å². The molecule has 1 fully saturated rings. The third kappa shape index (κ3) is 1.72. The monoisotopic (exact) mass is 249 g/mol. The van der Waals surface area contributed by atoms with Crippen molar-refractivity contribution >= 4 is 5.78 Å². The van der Waals surface area contributed by atoms with E-state index in [0.29, 0.717) is 24.7 Å². The molecule has 1 aliphatic rings. The van der Waals surface area contributed by atoms with E-state index in [9.17, 15) is 4.79 Å². The third-order valence-electron chi connectivity index (χ3n) is 3.28. The number of hydrogen-bond donors (Lipinski definition) is 2. The summed E-state index contributed by atoms with van der Waals surface area (Å²) in [5.74, 6) is 1.27. The number of aryl methyl sites for hydroxylation is 1. The molecule has 0 bridgehead atoms. The Morgan fingerprint density at radius 1 is 1.50 bits per heavy atom. The molecule has 1 saturated heterocycles. The van der Waals surface area contributed by atoms with Crippen molar-refractivity contribution in [3.05, 3.63) is 27.9 Å². The second-order valence-electron chi connectivity index (χ2n) is 4.52. The number of likely N-dealkylation sites (N-methyl/N-ethyl adjacent to an activating group) is 1. The lowest BCUT2D eigenvalue weighted by Crippen LogP contribution is -2.31. The average molecular weight is 249 g/mol. The third-order valence-corrected chi connectivity index (χ3v) is 3.28. The lowest BCUT2D eigenvalue weighted by molar-refractivity contribution is 0.188. The minimum Gasteiger partial charge on any atom is -0.379 e. The number of nitrogens with zero attached hydrogens (tertiary/aromatic N) is 3. The highest BCUT2D eigenvalue weighted by Gasteiger charge is 2.31. The molecule has 0 spiro atoms. The number of aromatic nitrogens is 4. The van der Waals surface area contributed by atoms with E-state index in [1.54, 1.807) is 6.92 Å². The summed E-state index contributed by atoms with van der Waals surface area (Å²) in [6, 6.07) is 1.69. The first-order valence-electron chi connectivity index (χ1n) is 5.90. The van der Waals surface area contributed by atoms with Crippen molar-refractivity contribution in [2.75, 3.05) is 20.3 Å². The first-order chi connectivity index (χ1) is 8.69. The number of nitrogens with one attached hydrogen (secondary N) is 2. The van der Waals surface area contributed by atoms with Crippen LogP contribution in [0.25, 0.3) is 5.78 Å². The van der Waals surface area contributed by atoms with Crippen molar-refractivity contribution in [3.8, 4) is 0 Å². The zero-order valence-electron chi connectivity index (χ0n) is 10.3. The minimum atomic E-state index is -0.142. The van der Waals surface area contributed by atoms with E-state index in [4.69, 9.17) is 4.74 Å². The van der Waals surface area contributed by atoms with Gasteiger partial charge in [0.2, 0.25) is 0 Å². The Morgan fingerprint density at radius 3 is 3.11 bits per heavy atom. The van der Waals surface area contributed by atoms with Crippen LogP contribution in [-0.4, -0.2) is 45.9 Å². The SMILES string of the molecule is CNC1COCC1c1nc2nc(C)cc(=O)n2[nH]1. The van der Waals surface area contributed by atoms with Crippen LogP contribution >= 0.6 is 0 Å². The molecule has 2 aromatic heterocycles. The lowest BCUT2D eigenvalue weighted by Gasteiger charge is -2.13. The van der Waals surface area contributed by atoms with E-state index in [1.807, 2.05) is 7.05 Å². The second-order valence-corrected chi connectivity index (χ2v) is 4.52. The molecule has 0 amide bonds. The summed E-state index contributed by atoms with van der Waals surface area (Å²) < 4.78 is 6.80. The molecule has 3 rings (SSSR count). The summed E-state index contributed by atoms with van der Waals surface area (Å²) in [6.45, 7) is 3.03. The summed E-state index contributed by atoms with van der Waals surface area (Å²) in [7, 11) is 1.89. The maximum absolute atomic E-state index is 11.8. The van der Waals surface area contributed by atoms with E-state index in [0.717, 1.165) is 5.82 Å². The van der Waals surface area contributed by atoms with E-state index in [-0.39, 0.29) is 17.5 Å². The van der Waals surface area contributed by atoms with Gasteiger partial charge in [-0.05, 0) is 14.0 Å². The largest absolute Gasteiger partial charge is 0.379 e. The maximum atomic E-state index is 11.8.